The van der Waals surface area contributed by atoms with Gasteiger partial charge in [-0.3, -0.25) is 14.7 Å². The highest BCUT2D eigenvalue weighted by Crippen LogP contribution is 2.29. The zero-order valence-electron chi connectivity index (χ0n) is 8.14. The van der Waals surface area contributed by atoms with E-state index in [1.807, 2.05) is 18.2 Å². The molecular weight excluding hydrogens is 208 g/mol. The van der Waals surface area contributed by atoms with Gasteiger partial charge in [-0.2, -0.15) is 0 Å². The number of hydrogen-bond donors (Lipinski definition) is 0. The predicted octanol–water partition coefficient (Wildman–Crippen LogP) is 1.38. The van der Waals surface area contributed by atoms with Crippen molar-refractivity contribution in [3.63, 3.8) is 0 Å². The van der Waals surface area contributed by atoms with Gasteiger partial charge in [-0.1, -0.05) is 18.2 Å². The van der Waals surface area contributed by atoms with Gasteiger partial charge in [0, 0.05) is 17.0 Å². The van der Waals surface area contributed by atoms with Crippen molar-refractivity contribution in [2.45, 2.75) is 4.90 Å². The second-order valence-corrected chi connectivity index (χ2v) is 4.55. The fraction of sp³-hybridized carbons (Fsp3) is 0.273. The topological polar surface area (TPSA) is 32.7 Å². The maximum absolute atomic E-state index is 11.8. The SMILES string of the molecule is O=C1CSc2ccccc2C2=NCCN12. The smallest absolute Gasteiger partial charge is 0.238 e. The van der Waals surface area contributed by atoms with E-state index in [1.165, 1.54) is 0 Å². The van der Waals surface area contributed by atoms with E-state index in [9.17, 15) is 4.79 Å². The highest BCUT2D eigenvalue weighted by Gasteiger charge is 2.29. The molecule has 0 bridgehead atoms. The van der Waals surface area contributed by atoms with Crippen LogP contribution in [-0.2, 0) is 4.79 Å². The van der Waals surface area contributed by atoms with Gasteiger partial charge in [-0.25, -0.2) is 0 Å². The lowest BCUT2D eigenvalue weighted by Crippen LogP contribution is -2.34. The van der Waals surface area contributed by atoms with E-state index in [0.29, 0.717) is 5.75 Å². The Balaban J connectivity index is 2.16. The first kappa shape index (κ1) is 8.97. The van der Waals surface area contributed by atoms with E-state index >= 15 is 0 Å². The van der Waals surface area contributed by atoms with Crippen LogP contribution >= 0.6 is 11.8 Å². The first-order chi connectivity index (χ1) is 7.36. The lowest BCUT2D eigenvalue weighted by atomic mass is 10.2. The molecule has 3 rings (SSSR count). The number of carbonyl (C=O) groups is 1. The van der Waals surface area contributed by atoms with E-state index in [4.69, 9.17) is 0 Å². The summed E-state index contributed by atoms with van der Waals surface area (Å²) in [6, 6.07) is 8.09. The van der Waals surface area contributed by atoms with Crippen LogP contribution in [0.3, 0.4) is 0 Å². The van der Waals surface area contributed by atoms with Crippen LogP contribution in [-0.4, -0.2) is 35.5 Å². The predicted molar refractivity (Wildman–Crippen MR) is 60.3 cm³/mol. The monoisotopic (exact) mass is 218 g/mol. The highest BCUT2D eigenvalue weighted by atomic mass is 32.2. The van der Waals surface area contributed by atoms with Crippen molar-refractivity contribution in [3.05, 3.63) is 29.8 Å². The first-order valence-corrected chi connectivity index (χ1v) is 5.92. The first-order valence-electron chi connectivity index (χ1n) is 4.93. The number of rotatable bonds is 0. The Morgan fingerprint density at radius 2 is 2.20 bits per heavy atom. The Hall–Kier alpha value is -1.29. The van der Waals surface area contributed by atoms with Crippen molar-refractivity contribution in [3.8, 4) is 0 Å². The number of thioether (sulfide) groups is 1. The Labute approximate surface area is 92.2 Å². The number of amides is 1. The van der Waals surface area contributed by atoms with Crippen molar-refractivity contribution in [2.24, 2.45) is 4.99 Å². The quantitative estimate of drug-likeness (QED) is 0.659. The molecule has 15 heavy (non-hydrogen) atoms. The van der Waals surface area contributed by atoms with Gasteiger partial charge in [-0.15, -0.1) is 11.8 Å². The second kappa shape index (κ2) is 3.38. The van der Waals surface area contributed by atoms with E-state index < -0.39 is 0 Å². The van der Waals surface area contributed by atoms with Gasteiger partial charge < -0.3 is 0 Å². The van der Waals surface area contributed by atoms with Crippen LogP contribution in [0.1, 0.15) is 5.56 Å². The average molecular weight is 218 g/mol. The lowest BCUT2D eigenvalue weighted by Gasteiger charge is -2.15. The molecule has 76 valence electrons. The Morgan fingerprint density at radius 3 is 3.13 bits per heavy atom. The van der Waals surface area contributed by atoms with Crippen LogP contribution in [0.4, 0.5) is 0 Å². The van der Waals surface area contributed by atoms with Crippen molar-refractivity contribution < 1.29 is 4.79 Å². The minimum Gasteiger partial charge on any atom is -0.294 e. The number of benzene rings is 1. The van der Waals surface area contributed by atoms with E-state index in [0.717, 1.165) is 29.4 Å². The molecule has 2 heterocycles. The average Bonchev–Trinajstić information content (AvgIpc) is 2.71. The standard InChI is InChI=1S/C11H10N2OS/c14-10-7-15-9-4-2-1-3-8(9)11-12-5-6-13(10)11/h1-4H,5-7H2. The number of amidine groups is 1. The fourth-order valence-electron chi connectivity index (χ4n) is 1.92. The molecule has 1 aromatic carbocycles. The summed E-state index contributed by atoms with van der Waals surface area (Å²) in [6.45, 7) is 1.48. The summed E-state index contributed by atoms with van der Waals surface area (Å²) in [5.74, 6) is 1.56. The number of carbonyl (C=O) groups excluding carboxylic acids is 1. The maximum atomic E-state index is 11.8. The molecule has 2 aliphatic heterocycles. The van der Waals surface area contributed by atoms with Crippen LogP contribution in [0.2, 0.25) is 0 Å². The molecule has 0 fully saturated rings. The summed E-state index contributed by atoms with van der Waals surface area (Å²) in [7, 11) is 0. The molecule has 0 aromatic heterocycles. The summed E-state index contributed by atoms with van der Waals surface area (Å²) in [5, 5.41) is 0. The molecule has 0 saturated carbocycles. The molecule has 0 atom stereocenters. The van der Waals surface area contributed by atoms with Gasteiger partial charge in [0.25, 0.3) is 0 Å². The summed E-state index contributed by atoms with van der Waals surface area (Å²) >= 11 is 1.60. The van der Waals surface area contributed by atoms with Gasteiger partial charge in [0.05, 0.1) is 12.3 Å². The van der Waals surface area contributed by atoms with Crippen molar-refractivity contribution in [2.75, 3.05) is 18.8 Å². The highest BCUT2D eigenvalue weighted by molar-refractivity contribution is 8.00. The van der Waals surface area contributed by atoms with Crippen LogP contribution < -0.4 is 0 Å². The fourth-order valence-corrected chi connectivity index (χ4v) is 2.84. The zero-order valence-corrected chi connectivity index (χ0v) is 8.96. The number of nitrogens with zero attached hydrogens (tertiary/aromatic N) is 2. The van der Waals surface area contributed by atoms with Crippen LogP contribution in [0.15, 0.2) is 34.2 Å². The van der Waals surface area contributed by atoms with E-state index in [2.05, 4.69) is 11.1 Å². The maximum Gasteiger partial charge on any atom is 0.238 e. The summed E-state index contributed by atoms with van der Waals surface area (Å²) < 4.78 is 0. The van der Waals surface area contributed by atoms with Crippen molar-refractivity contribution in [1.29, 1.82) is 0 Å². The third kappa shape index (κ3) is 1.36. The van der Waals surface area contributed by atoms with Crippen LogP contribution in [0, 0.1) is 0 Å². The zero-order chi connectivity index (χ0) is 10.3. The van der Waals surface area contributed by atoms with E-state index in [1.54, 1.807) is 16.7 Å². The van der Waals surface area contributed by atoms with Crippen LogP contribution in [0.5, 0.6) is 0 Å². The van der Waals surface area contributed by atoms with E-state index in [-0.39, 0.29) is 5.91 Å². The summed E-state index contributed by atoms with van der Waals surface area (Å²) in [5.41, 5.74) is 1.10. The Kier molecular flexibility index (Phi) is 2.02. The number of hydrogen-bond acceptors (Lipinski definition) is 3. The number of aliphatic imine (C=N–C) groups is 1. The molecule has 0 N–H and O–H groups in total. The third-order valence-corrected chi connectivity index (χ3v) is 3.68. The molecule has 1 aromatic rings. The van der Waals surface area contributed by atoms with Crippen LogP contribution in [0.25, 0.3) is 0 Å². The molecule has 0 unspecified atom stereocenters. The lowest BCUT2D eigenvalue weighted by molar-refractivity contribution is -0.124. The van der Waals surface area contributed by atoms with Gasteiger partial charge >= 0.3 is 0 Å². The van der Waals surface area contributed by atoms with Gasteiger partial charge in [0.2, 0.25) is 5.91 Å². The molecule has 3 nitrogen and oxygen atoms in total. The molecule has 2 aliphatic rings. The Morgan fingerprint density at radius 1 is 1.33 bits per heavy atom. The third-order valence-electron chi connectivity index (χ3n) is 2.62. The van der Waals surface area contributed by atoms with Crippen molar-refractivity contribution >= 4 is 23.5 Å². The Bertz CT molecular complexity index is 456. The molecule has 0 saturated heterocycles. The molecule has 4 heteroatoms. The van der Waals surface area contributed by atoms with Gasteiger partial charge in [0.1, 0.15) is 5.84 Å². The molecular formula is C11H10N2OS. The second-order valence-electron chi connectivity index (χ2n) is 3.54. The number of fused-ring (bicyclic) bond motifs is 3. The minimum absolute atomic E-state index is 0.174. The van der Waals surface area contributed by atoms with Gasteiger partial charge in [-0.05, 0) is 6.07 Å². The molecule has 0 spiro atoms. The van der Waals surface area contributed by atoms with Crippen molar-refractivity contribution in [1.82, 2.24) is 4.90 Å². The summed E-state index contributed by atoms with van der Waals surface area (Å²) in [4.78, 5) is 19.2. The van der Waals surface area contributed by atoms with Gasteiger partial charge in [0.15, 0.2) is 0 Å². The molecule has 1 amide bonds. The molecule has 0 radical (unpaired) electrons. The minimum atomic E-state index is 0.174. The normalized spacial score (nSPS) is 19.3. The summed E-state index contributed by atoms with van der Waals surface area (Å²) in [6.07, 6.45) is 0. The largest absolute Gasteiger partial charge is 0.294 e. The molecule has 0 aliphatic carbocycles.